The number of allylic oxidation sites excluding steroid dienone is 1. The third-order valence-electron chi connectivity index (χ3n) is 4.91. The Bertz CT molecular complexity index is 848. The van der Waals surface area contributed by atoms with Gasteiger partial charge in [-0.25, -0.2) is 0 Å². The fourth-order valence-electron chi connectivity index (χ4n) is 3.61. The van der Waals surface area contributed by atoms with E-state index in [1.54, 1.807) is 0 Å². The minimum atomic E-state index is 0.445. The lowest BCUT2D eigenvalue weighted by molar-refractivity contribution is 0.535. The Labute approximate surface area is 144 Å². The van der Waals surface area contributed by atoms with Crippen LogP contribution in [0.4, 0.5) is 0 Å². The molecule has 1 N–H and O–H groups in total. The molecule has 0 spiro atoms. The summed E-state index contributed by atoms with van der Waals surface area (Å²) in [5.74, 6) is 0. The Kier molecular flexibility index (Phi) is 4.44. The first kappa shape index (κ1) is 15.2. The van der Waals surface area contributed by atoms with E-state index in [2.05, 4.69) is 84.2 Å². The summed E-state index contributed by atoms with van der Waals surface area (Å²) in [5, 5.41) is 6.40. The lowest BCUT2D eigenvalue weighted by Gasteiger charge is -2.26. The van der Waals surface area contributed by atoms with E-state index in [1.807, 2.05) is 0 Å². The Morgan fingerprint density at radius 1 is 0.833 bits per heavy atom. The van der Waals surface area contributed by atoms with Crippen molar-refractivity contribution in [1.82, 2.24) is 5.32 Å². The van der Waals surface area contributed by atoms with Crippen molar-refractivity contribution >= 4 is 16.3 Å². The summed E-state index contributed by atoms with van der Waals surface area (Å²) in [6.45, 7) is 0.927. The molecular weight excluding hydrogens is 290 g/mol. The predicted octanol–water partition coefficient (Wildman–Crippen LogP) is 5.57. The normalized spacial score (nSPS) is 17.7. The molecule has 0 radical (unpaired) electrons. The van der Waals surface area contributed by atoms with Gasteiger partial charge in [0.25, 0.3) is 0 Å². The SMILES string of the molecule is C1=C(c2ccc3ccccc3c2)[C@@H](NCc2ccccc2)CCC1. The van der Waals surface area contributed by atoms with Crippen LogP contribution < -0.4 is 5.32 Å². The van der Waals surface area contributed by atoms with Gasteiger partial charge in [0.05, 0.1) is 0 Å². The molecule has 1 heteroatoms. The van der Waals surface area contributed by atoms with Crippen LogP contribution in [0.3, 0.4) is 0 Å². The van der Waals surface area contributed by atoms with Crippen molar-refractivity contribution < 1.29 is 0 Å². The Hall–Kier alpha value is -2.38. The molecule has 0 aliphatic heterocycles. The van der Waals surface area contributed by atoms with Gasteiger partial charge in [0, 0.05) is 12.6 Å². The highest BCUT2D eigenvalue weighted by molar-refractivity contribution is 5.87. The third kappa shape index (κ3) is 3.27. The summed E-state index contributed by atoms with van der Waals surface area (Å²) in [5.41, 5.74) is 4.17. The van der Waals surface area contributed by atoms with Crippen LogP contribution in [-0.4, -0.2) is 6.04 Å². The molecule has 0 saturated carbocycles. The summed E-state index contributed by atoms with van der Waals surface area (Å²) < 4.78 is 0. The number of fused-ring (bicyclic) bond motifs is 1. The molecule has 0 saturated heterocycles. The van der Waals surface area contributed by atoms with E-state index >= 15 is 0 Å². The Balaban J connectivity index is 1.57. The molecule has 4 rings (SSSR count). The molecule has 0 fully saturated rings. The smallest absolute Gasteiger partial charge is 0.0326 e. The molecule has 0 bridgehead atoms. The van der Waals surface area contributed by atoms with Crippen molar-refractivity contribution in [3.63, 3.8) is 0 Å². The van der Waals surface area contributed by atoms with Crippen LogP contribution in [0.25, 0.3) is 16.3 Å². The lowest BCUT2D eigenvalue weighted by Crippen LogP contribution is -2.31. The molecule has 0 aromatic heterocycles. The second kappa shape index (κ2) is 7.02. The molecule has 1 atom stereocenters. The van der Waals surface area contributed by atoms with Crippen molar-refractivity contribution in [1.29, 1.82) is 0 Å². The molecule has 0 heterocycles. The first-order chi connectivity index (χ1) is 11.9. The predicted molar refractivity (Wildman–Crippen MR) is 103 cm³/mol. The number of rotatable bonds is 4. The van der Waals surface area contributed by atoms with Gasteiger partial charge < -0.3 is 5.32 Å². The van der Waals surface area contributed by atoms with Crippen LogP contribution in [0.15, 0.2) is 78.9 Å². The van der Waals surface area contributed by atoms with E-state index in [0.29, 0.717) is 6.04 Å². The highest BCUT2D eigenvalue weighted by Crippen LogP contribution is 2.29. The number of hydrogen-bond donors (Lipinski definition) is 1. The summed E-state index contributed by atoms with van der Waals surface area (Å²) >= 11 is 0. The average molecular weight is 313 g/mol. The molecular formula is C23H23N. The van der Waals surface area contributed by atoms with Crippen LogP contribution >= 0.6 is 0 Å². The molecule has 0 amide bonds. The van der Waals surface area contributed by atoms with Gasteiger partial charge in [0.2, 0.25) is 0 Å². The summed E-state index contributed by atoms with van der Waals surface area (Å²) in [6.07, 6.45) is 6.09. The maximum Gasteiger partial charge on any atom is 0.0326 e. The number of nitrogens with one attached hydrogen (secondary N) is 1. The van der Waals surface area contributed by atoms with Gasteiger partial charge in [-0.3, -0.25) is 0 Å². The third-order valence-corrected chi connectivity index (χ3v) is 4.91. The van der Waals surface area contributed by atoms with Crippen molar-refractivity contribution in [3.05, 3.63) is 90.0 Å². The zero-order valence-corrected chi connectivity index (χ0v) is 13.9. The molecule has 120 valence electrons. The summed E-state index contributed by atoms with van der Waals surface area (Å²) in [6, 6.07) is 26.6. The van der Waals surface area contributed by atoms with Crippen molar-refractivity contribution in [2.24, 2.45) is 0 Å². The molecule has 1 nitrogen and oxygen atoms in total. The fourth-order valence-corrected chi connectivity index (χ4v) is 3.61. The van der Waals surface area contributed by atoms with Crippen LogP contribution in [0.2, 0.25) is 0 Å². The van der Waals surface area contributed by atoms with Gasteiger partial charge in [0.15, 0.2) is 0 Å². The van der Waals surface area contributed by atoms with Gasteiger partial charge >= 0.3 is 0 Å². The highest BCUT2D eigenvalue weighted by Gasteiger charge is 2.18. The van der Waals surface area contributed by atoms with Gasteiger partial charge in [-0.15, -0.1) is 0 Å². The molecule has 3 aromatic carbocycles. The monoisotopic (exact) mass is 313 g/mol. The molecule has 0 unspecified atom stereocenters. The number of benzene rings is 3. The van der Waals surface area contributed by atoms with E-state index in [0.717, 1.165) is 6.54 Å². The van der Waals surface area contributed by atoms with Gasteiger partial charge in [-0.2, -0.15) is 0 Å². The standard InChI is InChI=1S/C23H23N/c1-2-8-18(9-3-1)17-24-23-13-7-6-12-22(23)21-15-14-19-10-4-5-11-20(19)16-21/h1-5,8-12,14-16,23-24H,6-7,13,17H2/t23-/m0/s1. The summed E-state index contributed by atoms with van der Waals surface area (Å²) in [4.78, 5) is 0. The van der Waals surface area contributed by atoms with Crippen LogP contribution in [0.5, 0.6) is 0 Å². The van der Waals surface area contributed by atoms with Crippen LogP contribution in [-0.2, 0) is 6.54 Å². The van der Waals surface area contributed by atoms with E-state index in [-0.39, 0.29) is 0 Å². The zero-order chi connectivity index (χ0) is 16.2. The Morgan fingerprint density at radius 3 is 2.50 bits per heavy atom. The molecule has 1 aliphatic rings. The highest BCUT2D eigenvalue weighted by atomic mass is 14.9. The van der Waals surface area contributed by atoms with E-state index in [9.17, 15) is 0 Å². The minimum Gasteiger partial charge on any atom is -0.306 e. The van der Waals surface area contributed by atoms with E-state index in [1.165, 1.54) is 46.7 Å². The van der Waals surface area contributed by atoms with Crippen LogP contribution in [0, 0.1) is 0 Å². The van der Waals surface area contributed by atoms with Crippen molar-refractivity contribution in [2.45, 2.75) is 31.8 Å². The van der Waals surface area contributed by atoms with Crippen LogP contribution in [0.1, 0.15) is 30.4 Å². The number of hydrogen-bond acceptors (Lipinski definition) is 1. The minimum absolute atomic E-state index is 0.445. The second-order valence-electron chi connectivity index (χ2n) is 6.57. The van der Waals surface area contributed by atoms with Gasteiger partial charge in [-0.1, -0.05) is 72.8 Å². The van der Waals surface area contributed by atoms with Crippen molar-refractivity contribution in [3.8, 4) is 0 Å². The quantitative estimate of drug-likeness (QED) is 0.664. The first-order valence-electron chi connectivity index (χ1n) is 8.87. The lowest BCUT2D eigenvalue weighted by atomic mass is 9.88. The van der Waals surface area contributed by atoms with Crippen molar-refractivity contribution in [2.75, 3.05) is 0 Å². The average Bonchev–Trinajstić information content (AvgIpc) is 2.67. The topological polar surface area (TPSA) is 12.0 Å². The van der Waals surface area contributed by atoms with Gasteiger partial charge in [-0.05, 0) is 52.8 Å². The fraction of sp³-hybridized carbons (Fsp3) is 0.217. The molecule has 3 aromatic rings. The zero-order valence-electron chi connectivity index (χ0n) is 13.9. The first-order valence-corrected chi connectivity index (χ1v) is 8.87. The van der Waals surface area contributed by atoms with Gasteiger partial charge in [0.1, 0.15) is 0 Å². The van der Waals surface area contributed by atoms with E-state index in [4.69, 9.17) is 0 Å². The molecule has 1 aliphatic carbocycles. The van der Waals surface area contributed by atoms with E-state index < -0.39 is 0 Å². The maximum atomic E-state index is 3.77. The summed E-state index contributed by atoms with van der Waals surface area (Å²) in [7, 11) is 0. The second-order valence-corrected chi connectivity index (χ2v) is 6.57. The molecule has 24 heavy (non-hydrogen) atoms. The maximum absolute atomic E-state index is 3.77. The Morgan fingerprint density at radius 2 is 1.62 bits per heavy atom. The largest absolute Gasteiger partial charge is 0.306 e.